The Balaban J connectivity index is 1.91. The first-order chi connectivity index (χ1) is 12.0. The number of nitrogens with one attached hydrogen (secondary N) is 1. The summed E-state index contributed by atoms with van der Waals surface area (Å²) in [5.74, 6) is -0.0556. The molecule has 0 bridgehead atoms. The van der Waals surface area contributed by atoms with Gasteiger partial charge in [0, 0.05) is 37.9 Å². The number of rotatable bonds is 6. The monoisotopic (exact) mass is 344 g/mol. The average Bonchev–Trinajstić information content (AvgIpc) is 2.60. The van der Waals surface area contributed by atoms with E-state index in [0.717, 1.165) is 30.5 Å². The second-order valence-electron chi connectivity index (χ2n) is 6.61. The third-order valence-electron chi connectivity index (χ3n) is 4.16. The van der Waals surface area contributed by atoms with Crippen LogP contribution in [0, 0.1) is 0 Å². The zero-order chi connectivity index (χ0) is 18.2. The molecule has 1 heterocycles. The number of hydrogen-bond donors (Lipinski definition) is 1. The Morgan fingerprint density at radius 2 is 2.00 bits per heavy atom. The zero-order valence-corrected chi connectivity index (χ0v) is 15.4. The van der Waals surface area contributed by atoms with Crippen LogP contribution in [0.3, 0.4) is 0 Å². The molecule has 1 atom stereocenters. The van der Waals surface area contributed by atoms with Crippen molar-refractivity contribution in [2.45, 2.75) is 46.3 Å². The predicted octanol–water partition coefficient (Wildman–Crippen LogP) is 2.91. The lowest BCUT2D eigenvalue weighted by Gasteiger charge is -2.32. The third-order valence-corrected chi connectivity index (χ3v) is 4.16. The fourth-order valence-electron chi connectivity index (χ4n) is 2.94. The SMILES string of the molecule is CCO[C@@H]1CCCN(C(=O)c2ccc(CNC(=O)C=C(C)C)cc2)C1. The van der Waals surface area contributed by atoms with Crippen molar-refractivity contribution in [1.82, 2.24) is 10.2 Å². The van der Waals surface area contributed by atoms with Gasteiger partial charge in [-0.15, -0.1) is 0 Å². The van der Waals surface area contributed by atoms with Gasteiger partial charge in [-0.2, -0.15) is 0 Å². The van der Waals surface area contributed by atoms with Crippen LogP contribution in [0.4, 0.5) is 0 Å². The Hall–Kier alpha value is -2.14. The zero-order valence-electron chi connectivity index (χ0n) is 15.4. The van der Waals surface area contributed by atoms with Gasteiger partial charge in [0.25, 0.3) is 5.91 Å². The highest BCUT2D eigenvalue weighted by Crippen LogP contribution is 2.16. The van der Waals surface area contributed by atoms with Crippen LogP contribution < -0.4 is 5.32 Å². The number of allylic oxidation sites excluding steroid dienone is 1. The molecule has 0 radical (unpaired) electrons. The van der Waals surface area contributed by atoms with Crippen molar-refractivity contribution in [1.29, 1.82) is 0 Å². The number of carbonyl (C=O) groups is 2. The smallest absolute Gasteiger partial charge is 0.253 e. The minimum absolute atomic E-state index is 0.0459. The van der Waals surface area contributed by atoms with Gasteiger partial charge in [0.05, 0.1) is 6.10 Å². The molecule has 1 aromatic carbocycles. The molecule has 136 valence electrons. The van der Waals surface area contributed by atoms with Gasteiger partial charge in [0.1, 0.15) is 0 Å². The summed E-state index contributed by atoms with van der Waals surface area (Å²) in [7, 11) is 0. The van der Waals surface area contributed by atoms with Crippen molar-refractivity contribution in [2.24, 2.45) is 0 Å². The van der Waals surface area contributed by atoms with Gasteiger partial charge in [0.15, 0.2) is 0 Å². The fraction of sp³-hybridized carbons (Fsp3) is 0.500. The molecule has 2 rings (SSSR count). The van der Waals surface area contributed by atoms with Gasteiger partial charge in [-0.05, 0) is 51.3 Å². The molecule has 2 amide bonds. The number of piperidine rings is 1. The van der Waals surface area contributed by atoms with Crippen LogP contribution in [0.1, 0.15) is 49.5 Å². The van der Waals surface area contributed by atoms with E-state index in [2.05, 4.69) is 5.32 Å². The summed E-state index contributed by atoms with van der Waals surface area (Å²) < 4.78 is 5.66. The molecule has 5 heteroatoms. The van der Waals surface area contributed by atoms with E-state index in [1.165, 1.54) is 0 Å². The normalized spacial score (nSPS) is 17.1. The van der Waals surface area contributed by atoms with Crippen LogP contribution >= 0.6 is 0 Å². The molecule has 5 nitrogen and oxygen atoms in total. The average molecular weight is 344 g/mol. The van der Waals surface area contributed by atoms with Crippen LogP contribution in [-0.2, 0) is 16.1 Å². The molecule has 25 heavy (non-hydrogen) atoms. The molecule has 1 aliphatic rings. The summed E-state index contributed by atoms with van der Waals surface area (Å²) in [5.41, 5.74) is 2.61. The maximum Gasteiger partial charge on any atom is 0.253 e. The van der Waals surface area contributed by atoms with Crippen LogP contribution in [0.2, 0.25) is 0 Å². The third kappa shape index (κ3) is 6.02. The Bertz CT molecular complexity index is 616. The van der Waals surface area contributed by atoms with Crippen LogP contribution in [0.25, 0.3) is 0 Å². The van der Waals surface area contributed by atoms with Crippen LogP contribution in [0.15, 0.2) is 35.9 Å². The Kier molecular flexibility index (Phi) is 7.19. The Morgan fingerprint density at radius 1 is 1.28 bits per heavy atom. The van der Waals surface area contributed by atoms with Crippen molar-refractivity contribution >= 4 is 11.8 Å². The summed E-state index contributed by atoms with van der Waals surface area (Å²) >= 11 is 0. The van der Waals surface area contributed by atoms with Gasteiger partial charge in [-0.1, -0.05) is 17.7 Å². The van der Waals surface area contributed by atoms with E-state index < -0.39 is 0 Å². The van der Waals surface area contributed by atoms with E-state index in [9.17, 15) is 9.59 Å². The quantitative estimate of drug-likeness (QED) is 0.807. The lowest BCUT2D eigenvalue weighted by Crippen LogP contribution is -2.43. The highest BCUT2D eigenvalue weighted by atomic mass is 16.5. The minimum Gasteiger partial charge on any atom is -0.377 e. The van der Waals surface area contributed by atoms with Crippen molar-refractivity contribution in [3.63, 3.8) is 0 Å². The molecular weight excluding hydrogens is 316 g/mol. The topological polar surface area (TPSA) is 58.6 Å². The first kappa shape index (κ1) is 19.2. The van der Waals surface area contributed by atoms with E-state index in [-0.39, 0.29) is 17.9 Å². The second-order valence-corrected chi connectivity index (χ2v) is 6.61. The fourth-order valence-corrected chi connectivity index (χ4v) is 2.94. The number of carbonyl (C=O) groups excluding carboxylic acids is 2. The lowest BCUT2D eigenvalue weighted by atomic mass is 10.1. The van der Waals surface area contributed by atoms with Gasteiger partial charge >= 0.3 is 0 Å². The van der Waals surface area contributed by atoms with E-state index in [0.29, 0.717) is 25.3 Å². The maximum atomic E-state index is 12.6. The summed E-state index contributed by atoms with van der Waals surface area (Å²) in [5, 5.41) is 2.83. The molecule has 1 aliphatic heterocycles. The predicted molar refractivity (Wildman–Crippen MR) is 98.3 cm³/mol. The summed E-state index contributed by atoms with van der Waals surface area (Å²) in [6.45, 7) is 8.33. The number of amides is 2. The number of hydrogen-bond acceptors (Lipinski definition) is 3. The van der Waals surface area contributed by atoms with E-state index >= 15 is 0 Å². The Morgan fingerprint density at radius 3 is 2.64 bits per heavy atom. The second kappa shape index (κ2) is 9.37. The molecule has 1 aromatic rings. The minimum atomic E-state index is -0.101. The molecule has 0 aromatic heterocycles. The summed E-state index contributed by atoms with van der Waals surface area (Å²) in [6.07, 6.45) is 3.71. The standard InChI is InChI=1S/C20H28N2O3/c1-4-25-18-6-5-11-22(14-18)20(24)17-9-7-16(8-10-17)13-21-19(23)12-15(2)3/h7-10,12,18H,4-6,11,13-14H2,1-3H3,(H,21,23)/t18-/m1/s1. The highest BCUT2D eigenvalue weighted by molar-refractivity contribution is 5.94. The van der Waals surface area contributed by atoms with Crippen molar-refractivity contribution in [3.05, 3.63) is 47.0 Å². The molecule has 1 fully saturated rings. The number of ether oxygens (including phenoxy) is 1. The molecule has 0 saturated carbocycles. The largest absolute Gasteiger partial charge is 0.377 e. The summed E-state index contributed by atoms with van der Waals surface area (Å²) in [6, 6.07) is 7.43. The summed E-state index contributed by atoms with van der Waals surface area (Å²) in [4.78, 5) is 26.1. The number of likely N-dealkylation sites (tertiary alicyclic amines) is 1. The lowest BCUT2D eigenvalue weighted by molar-refractivity contribution is -0.116. The molecule has 1 N–H and O–H groups in total. The molecule has 0 spiro atoms. The van der Waals surface area contributed by atoms with Crippen molar-refractivity contribution < 1.29 is 14.3 Å². The van der Waals surface area contributed by atoms with Crippen molar-refractivity contribution in [2.75, 3.05) is 19.7 Å². The molecule has 1 saturated heterocycles. The van der Waals surface area contributed by atoms with Crippen molar-refractivity contribution in [3.8, 4) is 0 Å². The van der Waals surface area contributed by atoms with Crippen LogP contribution in [0.5, 0.6) is 0 Å². The first-order valence-electron chi connectivity index (χ1n) is 8.92. The van der Waals surface area contributed by atoms with Gasteiger partial charge in [-0.25, -0.2) is 0 Å². The van der Waals surface area contributed by atoms with Gasteiger partial charge in [-0.3, -0.25) is 9.59 Å². The van der Waals surface area contributed by atoms with E-state index in [4.69, 9.17) is 4.74 Å². The number of nitrogens with zero attached hydrogens (tertiary/aromatic N) is 1. The van der Waals surface area contributed by atoms with Crippen LogP contribution in [-0.4, -0.2) is 42.5 Å². The van der Waals surface area contributed by atoms with Gasteiger partial charge in [0.2, 0.25) is 5.91 Å². The molecular formula is C20H28N2O3. The van der Waals surface area contributed by atoms with Gasteiger partial charge < -0.3 is 15.0 Å². The first-order valence-corrected chi connectivity index (χ1v) is 8.92. The van der Waals surface area contributed by atoms with E-state index in [1.807, 2.05) is 49.9 Å². The maximum absolute atomic E-state index is 12.6. The molecule has 0 unspecified atom stereocenters. The number of benzene rings is 1. The molecule has 0 aliphatic carbocycles. The highest BCUT2D eigenvalue weighted by Gasteiger charge is 2.24. The van der Waals surface area contributed by atoms with E-state index in [1.54, 1.807) is 6.08 Å². The Labute approximate surface area is 150 Å².